The van der Waals surface area contributed by atoms with Gasteiger partial charge in [0.15, 0.2) is 5.84 Å². The minimum atomic E-state index is -0.695. The maximum absolute atomic E-state index is 11.1. The summed E-state index contributed by atoms with van der Waals surface area (Å²) < 4.78 is 4.94. The lowest BCUT2D eigenvalue weighted by Crippen LogP contribution is -2.22. The van der Waals surface area contributed by atoms with Crippen molar-refractivity contribution in [3.8, 4) is 0 Å². The number of carbonyl (C=O) groups is 1. The van der Waals surface area contributed by atoms with Crippen LogP contribution in [0.5, 0.6) is 0 Å². The number of amides is 1. The molecule has 5 heteroatoms. The van der Waals surface area contributed by atoms with Gasteiger partial charge in [0, 0.05) is 7.05 Å². The summed E-state index contributed by atoms with van der Waals surface area (Å²) in [7, 11) is 1.55. The molecule has 0 rings (SSSR count). The van der Waals surface area contributed by atoms with Crippen molar-refractivity contribution in [3.63, 3.8) is 0 Å². The predicted molar refractivity (Wildman–Crippen MR) is 57.6 cm³/mol. The summed E-state index contributed by atoms with van der Waals surface area (Å²) in [4.78, 5) is 21.8. The molecular formula is C9H15N3O2. The Balaban J connectivity index is 4.48. The molecule has 0 spiro atoms. The molecule has 0 heterocycles. The molecule has 0 aliphatic rings. The minimum absolute atomic E-state index is 0.141. The van der Waals surface area contributed by atoms with Crippen LogP contribution in [-0.4, -0.2) is 37.5 Å². The van der Waals surface area contributed by atoms with Gasteiger partial charge in [0.05, 0.1) is 6.21 Å². The van der Waals surface area contributed by atoms with Crippen LogP contribution in [0.1, 0.15) is 20.8 Å². The Morgan fingerprint density at radius 2 is 2.00 bits per heavy atom. The van der Waals surface area contributed by atoms with E-state index in [9.17, 15) is 4.79 Å². The van der Waals surface area contributed by atoms with Gasteiger partial charge in [-0.25, -0.2) is 9.79 Å². The number of amidine groups is 1. The Labute approximate surface area is 83.6 Å². The van der Waals surface area contributed by atoms with Crippen molar-refractivity contribution in [3.05, 3.63) is 0 Å². The lowest BCUT2D eigenvalue weighted by molar-refractivity contribution is 0.0604. The summed E-state index contributed by atoms with van der Waals surface area (Å²) in [6, 6.07) is 0. The van der Waals surface area contributed by atoms with Crippen LogP contribution >= 0.6 is 0 Å². The Hall–Kier alpha value is -1.52. The molecule has 0 aliphatic carbocycles. The van der Waals surface area contributed by atoms with E-state index in [-0.39, 0.29) is 5.84 Å². The highest BCUT2D eigenvalue weighted by Crippen LogP contribution is 2.07. The van der Waals surface area contributed by atoms with Gasteiger partial charge in [0.1, 0.15) is 5.60 Å². The van der Waals surface area contributed by atoms with Gasteiger partial charge < -0.3 is 4.74 Å². The monoisotopic (exact) mass is 197 g/mol. The number of nitrogens with zero attached hydrogens (tertiary/aromatic N) is 3. The van der Waals surface area contributed by atoms with Gasteiger partial charge in [-0.2, -0.15) is 4.99 Å². The number of aliphatic imine (C=N–C) groups is 3. The quantitative estimate of drug-likeness (QED) is 0.474. The molecule has 5 nitrogen and oxygen atoms in total. The number of carbonyl (C=O) groups excluding carboxylic acids is 1. The summed E-state index contributed by atoms with van der Waals surface area (Å²) in [5.41, 5.74) is -0.559. The molecule has 0 aromatic rings. The van der Waals surface area contributed by atoms with E-state index < -0.39 is 11.7 Å². The van der Waals surface area contributed by atoms with Crippen molar-refractivity contribution in [2.45, 2.75) is 26.4 Å². The van der Waals surface area contributed by atoms with E-state index in [1.807, 2.05) is 0 Å². The van der Waals surface area contributed by atoms with Gasteiger partial charge in [-0.3, -0.25) is 4.99 Å². The molecule has 0 saturated carbocycles. The fourth-order valence-electron chi connectivity index (χ4n) is 0.599. The molecule has 0 saturated heterocycles. The van der Waals surface area contributed by atoms with E-state index in [0.717, 1.165) is 0 Å². The van der Waals surface area contributed by atoms with Crippen LogP contribution in [0.4, 0.5) is 4.79 Å². The Bertz CT molecular complexity index is 274. The van der Waals surface area contributed by atoms with Crippen molar-refractivity contribution in [1.29, 1.82) is 0 Å². The Morgan fingerprint density at radius 1 is 1.43 bits per heavy atom. The maximum Gasteiger partial charge on any atom is 0.436 e. The summed E-state index contributed by atoms with van der Waals surface area (Å²) in [6.45, 7) is 8.53. The van der Waals surface area contributed by atoms with Crippen LogP contribution in [0.25, 0.3) is 0 Å². The molecule has 0 atom stereocenters. The van der Waals surface area contributed by atoms with Gasteiger partial charge in [-0.1, -0.05) is 0 Å². The number of hydrogen-bond acceptors (Lipinski definition) is 3. The second-order valence-electron chi connectivity index (χ2n) is 3.50. The molecular weight excluding hydrogens is 182 g/mol. The second-order valence-corrected chi connectivity index (χ2v) is 3.50. The number of ether oxygens (including phenoxy) is 1. The molecule has 1 amide bonds. The predicted octanol–water partition coefficient (Wildman–Crippen LogP) is 1.72. The smallest absolute Gasteiger partial charge is 0.436 e. The third kappa shape index (κ3) is 6.05. The molecule has 0 aliphatic heterocycles. The van der Waals surface area contributed by atoms with E-state index in [1.54, 1.807) is 27.8 Å². The lowest BCUT2D eigenvalue weighted by atomic mass is 10.2. The van der Waals surface area contributed by atoms with Crippen molar-refractivity contribution in [2.75, 3.05) is 7.05 Å². The Kier molecular flexibility index (Phi) is 4.69. The molecule has 0 aromatic heterocycles. The lowest BCUT2D eigenvalue weighted by Gasteiger charge is -2.17. The van der Waals surface area contributed by atoms with Gasteiger partial charge in [0.2, 0.25) is 0 Å². The van der Waals surface area contributed by atoms with E-state index in [4.69, 9.17) is 4.74 Å². The molecule has 0 radical (unpaired) electrons. The van der Waals surface area contributed by atoms with Gasteiger partial charge >= 0.3 is 6.09 Å². The number of rotatable bonds is 1. The largest absolute Gasteiger partial charge is 0.442 e. The first-order valence-electron chi connectivity index (χ1n) is 4.09. The third-order valence-corrected chi connectivity index (χ3v) is 1.01. The zero-order chi connectivity index (χ0) is 11.2. The molecule has 0 aromatic carbocycles. The third-order valence-electron chi connectivity index (χ3n) is 1.01. The van der Waals surface area contributed by atoms with Crippen LogP contribution in [0, 0.1) is 0 Å². The highest BCUT2D eigenvalue weighted by molar-refractivity contribution is 6.32. The first-order chi connectivity index (χ1) is 6.39. The zero-order valence-electron chi connectivity index (χ0n) is 8.94. The SMILES string of the molecule is C=NC(C=NC)=NC(=O)OC(C)(C)C. The standard InChI is InChI=1S/C9H15N3O2/c1-9(2,3)14-8(13)12-7(11-5)6-10-4/h6H,5H2,1-4H3. The van der Waals surface area contributed by atoms with Crippen LogP contribution in [0.15, 0.2) is 15.0 Å². The van der Waals surface area contributed by atoms with E-state index in [1.165, 1.54) is 6.21 Å². The fourth-order valence-corrected chi connectivity index (χ4v) is 0.599. The van der Waals surface area contributed by atoms with Gasteiger partial charge in [-0.05, 0) is 27.5 Å². The molecule has 14 heavy (non-hydrogen) atoms. The first-order valence-corrected chi connectivity index (χ1v) is 4.09. The Morgan fingerprint density at radius 3 is 2.36 bits per heavy atom. The van der Waals surface area contributed by atoms with E-state index >= 15 is 0 Å². The minimum Gasteiger partial charge on any atom is -0.442 e. The summed E-state index contributed by atoms with van der Waals surface area (Å²) in [5.74, 6) is 0.141. The van der Waals surface area contributed by atoms with Crippen LogP contribution in [0.3, 0.4) is 0 Å². The average Bonchev–Trinajstić information content (AvgIpc) is 2.00. The first kappa shape index (κ1) is 12.5. The van der Waals surface area contributed by atoms with E-state index in [0.29, 0.717) is 0 Å². The van der Waals surface area contributed by atoms with Crippen LogP contribution in [0.2, 0.25) is 0 Å². The van der Waals surface area contributed by atoms with Crippen LogP contribution < -0.4 is 0 Å². The van der Waals surface area contributed by atoms with Crippen molar-refractivity contribution < 1.29 is 9.53 Å². The normalized spacial score (nSPS) is 13.0. The van der Waals surface area contributed by atoms with E-state index in [2.05, 4.69) is 21.7 Å². The number of hydrogen-bond donors (Lipinski definition) is 0. The van der Waals surface area contributed by atoms with Crippen molar-refractivity contribution in [2.24, 2.45) is 15.0 Å². The maximum atomic E-state index is 11.1. The average molecular weight is 197 g/mol. The molecule has 0 fully saturated rings. The fraction of sp³-hybridized carbons (Fsp3) is 0.556. The van der Waals surface area contributed by atoms with Gasteiger partial charge in [0.25, 0.3) is 0 Å². The molecule has 0 bridgehead atoms. The van der Waals surface area contributed by atoms with Gasteiger partial charge in [-0.15, -0.1) is 0 Å². The van der Waals surface area contributed by atoms with Crippen molar-refractivity contribution >= 4 is 24.9 Å². The summed E-state index contributed by atoms with van der Waals surface area (Å²) in [6.07, 6.45) is 0.636. The zero-order valence-corrected chi connectivity index (χ0v) is 8.94. The summed E-state index contributed by atoms with van der Waals surface area (Å²) in [5, 5.41) is 0. The van der Waals surface area contributed by atoms with Crippen molar-refractivity contribution in [1.82, 2.24) is 0 Å². The molecule has 0 unspecified atom stereocenters. The highest BCUT2D eigenvalue weighted by atomic mass is 16.6. The van der Waals surface area contributed by atoms with Crippen LogP contribution in [-0.2, 0) is 4.74 Å². The topological polar surface area (TPSA) is 63.4 Å². The second kappa shape index (κ2) is 5.26. The molecule has 0 N–H and O–H groups in total. The summed E-state index contributed by atoms with van der Waals surface area (Å²) >= 11 is 0. The molecule has 78 valence electrons. The highest BCUT2D eigenvalue weighted by Gasteiger charge is 2.15.